The van der Waals surface area contributed by atoms with Crippen LogP contribution < -0.4 is 10.1 Å². The lowest BCUT2D eigenvalue weighted by Crippen LogP contribution is -2.32. The number of esters is 1. The number of amides is 1. The fourth-order valence-electron chi connectivity index (χ4n) is 3.85. The van der Waals surface area contributed by atoms with Crippen LogP contribution in [0.15, 0.2) is 48.5 Å². The van der Waals surface area contributed by atoms with Gasteiger partial charge in [0.1, 0.15) is 5.75 Å². The molecule has 3 aromatic rings. The highest BCUT2D eigenvalue weighted by Crippen LogP contribution is 2.28. The first-order valence-electron chi connectivity index (χ1n) is 10.3. The summed E-state index contributed by atoms with van der Waals surface area (Å²) < 4.78 is 10.6. The molecule has 2 heterocycles. The number of ether oxygens (including phenoxy) is 2. The Morgan fingerprint density at radius 2 is 2.00 bits per heavy atom. The van der Waals surface area contributed by atoms with Gasteiger partial charge in [0.2, 0.25) is 0 Å². The molecule has 1 aliphatic rings. The predicted octanol–water partition coefficient (Wildman–Crippen LogP) is 3.42. The largest absolute Gasteiger partial charge is 0.497 e. The standard InChI is InChI=1S/C24H25N3O4/c1-3-27-12-11-21-19(14-27)23(18-9-4-5-10-20(18)26-21)24(29)31-15-22(28)25-16-7-6-8-17(13-16)30-2/h4-10,13H,3,11-12,14-15H2,1-2H3,(H,25,28). The van der Waals surface area contributed by atoms with E-state index in [0.29, 0.717) is 23.5 Å². The van der Waals surface area contributed by atoms with Crippen molar-refractivity contribution in [2.45, 2.75) is 19.9 Å². The molecule has 31 heavy (non-hydrogen) atoms. The molecule has 2 aromatic carbocycles. The zero-order chi connectivity index (χ0) is 21.8. The summed E-state index contributed by atoms with van der Waals surface area (Å²) in [6.07, 6.45) is 0.782. The number of benzene rings is 2. The molecule has 0 unspecified atom stereocenters. The Labute approximate surface area is 181 Å². The van der Waals surface area contributed by atoms with Crippen molar-refractivity contribution in [3.8, 4) is 5.75 Å². The van der Waals surface area contributed by atoms with Crippen LogP contribution in [-0.2, 0) is 22.5 Å². The lowest BCUT2D eigenvalue weighted by atomic mass is 9.96. The number of nitrogens with zero attached hydrogens (tertiary/aromatic N) is 2. The maximum Gasteiger partial charge on any atom is 0.339 e. The summed E-state index contributed by atoms with van der Waals surface area (Å²) in [5.41, 5.74) is 3.67. The number of rotatable bonds is 6. The second kappa shape index (κ2) is 9.14. The third-order valence-corrected chi connectivity index (χ3v) is 5.46. The van der Waals surface area contributed by atoms with E-state index >= 15 is 0 Å². The number of likely N-dealkylation sites (N-methyl/N-ethyl adjacent to an activating group) is 1. The first-order valence-corrected chi connectivity index (χ1v) is 10.3. The van der Waals surface area contributed by atoms with Crippen LogP contribution in [0.5, 0.6) is 5.75 Å². The Morgan fingerprint density at radius 3 is 2.81 bits per heavy atom. The van der Waals surface area contributed by atoms with Crippen molar-refractivity contribution in [1.82, 2.24) is 9.88 Å². The van der Waals surface area contributed by atoms with Crippen molar-refractivity contribution >= 4 is 28.5 Å². The van der Waals surface area contributed by atoms with Gasteiger partial charge in [0, 0.05) is 47.9 Å². The second-order valence-electron chi connectivity index (χ2n) is 7.40. The lowest BCUT2D eigenvalue weighted by molar-refractivity contribution is -0.119. The Balaban J connectivity index is 1.55. The lowest BCUT2D eigenvalue weighted by Gasteiger charge is -2.28. The van der Waals surface area contributed by atoms with E-state index in [9.17, 15) is 9.59 Å². The summed E-state index contributed by atoms with van der Waals surface area (Å²) in [5.74, 6) is -0.289. The van der Waals surface area contributed by atoms with E-state index in [-0.39, 0.29) is 6.61 Å². The summed E-state index contributed by atoms with van der Waals surface area (Å²) in [4.78, 5) is 32.5. The van der Waals surface area contributed by atoms with Gasteiger partial charge >= 0.3 is 5.97 Å². The van der Waals surface area contributed by atoms with Crippen molar-refractivity contribution in [2.24, 2.45) is 0 Å². The van der Waals surface area contributed by atoms with Crippen LogP contribution in [0.25, 0.3) is 10.9 Å². The van der Waals surface area contributed by atoms with Crippen molar-refractivity contribution in [3.05, 3.63) is 65.4 Å². The number of hydrogen-bond donors (Lipinski definition) is 1. The fourth-order valence-corrected chi connectivity index (χ4v) is 3.85. The Kier molecular flexibility index (Phi) is 6.13. The third kappa shape index (κ3) is 4.51. The first kappa shape index (κ1) is 20.8. The third-order valence-electron chi connectivity index (χ3n) is 5.46. The molecule has 0 spiro atoms. The molecule has 0 saturated heterocycles. The number of methoxy groups -OCH3 is 1. The summed E-state index contributed by atoms with van der Waals surface area (Å²) in [7, 11) is 1.56. The van der Waals surface area contributed by atoms with Crippen LogP contribution in [0.1, 0.15) is 28.5 Å². The zero-order valence-corrected chi connectivity index (χ0v) is 17.7. The maximum absolute atomic E-state index is 13.1. The average molecular weight is 419 g/mol. The highest BCUT2D eigenvalue weighted by atomic mass is 16.5. The fraction of sp³-hybridized carbons (Fsp3) is 0.292. The van der Waals surface area contributed by atoms with Gasteiger partial charge in [0.15, 0.2) is 6.61 Å². The van der Waals surface area contributed by atoms with Gasteiger partial charge in [-0.2, -0.15) is 0 Å². The van der Waals surface area contributed by atoms with Crippen LogP contribution >= 0.6 is 0 Å². The average Bonchev–Trinajstić information content (AvgIpc) is 2.80. The van der Waals surface area contributed by atoms with Crippen molar-refractivity contribution in [2.75, 3.05) is 32.1 Å². The summed E-state index contributed by atoms with van der Waals surface area (Å²) in [5, 5.41) is 3.47. The van der Waals surface area contributed by atoms with E-state index in [2.05, 4.69) is 17.1 Å². The van der Waals surface area contributed by atoms with Crippen LogP contribution in [0.3, 0.4) is 0 Å². The molecule has 0 fully saturated rings. The number of fused-ring (bicyclic) bond motifs is 2. The van der Waals surface area contributed by atoms with Gasteiger partial charge in [-0.05, 0) is 24.7 Å². The highest BCUT2D eigenvalue weighted by Gasteiger charge is 2.26. The van der Waals surface area contributed by atoms with Gasteiger partial charge in [-0.3, -0.25) is 14.7 Å². The Morgan fingerprint density at radius 1 is 1.16 bits per heavy atom. The van der Waals surface area contributed by atoms with E-state index in [1.54, 1.807) is 31.4 Å². The molecule has 0 radical (unpaired) electrons. The number of aromatic nitrogens is 1. The zero-order valence-electron chi connectivity index (χ0n) is 17.7. The highest BCUT2D eigenvalue weighted by molar-refractivity contribution is 6.06. The molecule has 1 aromatic heterocycles. The SMILES string of the molecule is CCN1CCc2nc3ccccc3c(C(=O)OCC(=O)Nc3cccc(OC)c3)c2C1. The van der Waals surface area contributed by atoms with E-state index < -0.39 is 11.9 Å². The monoisotopic (exact) mass is 419 g/mol. The topological polar surface area (TPSA) is 80.8 Å². The van der Waals surface area contributed by atoms with Gasteiger partial charge in [-0.1, -0.05) is 31.2 Å². The van der Waals surface area contributed by atoms with Gasteiger partial charge in [-0.15, -0.1) is 0 Å². The minimum absolute atomic E-state index is 0.376. The summed E-state index contributed by atoms with van der Waals surface area (Å²) >= 11 is 0. The molecule has 7 nitrogen and oxygen atoms in total. The molecule has 0 bridgehead atoms. The number of nitrogens with one attached hydrogen (secondary N) is 1. The number of carbonyl (C=O) groups is 2. The minimum atomic E-state index is -0.506. The molecular weight excluding hydrogens is 394 g/mol. The van der Waals surface area contributed by atoms with Gasteiger partial charge in [-0.25, -0.2) is 4.79 Å². The summed E-state index contributed by atoms with van der Waals surface area (Å²) in [6.45, 7) is 4.17. The van der Waals surface area contributed by atoms with E-state index in [1.165, 1.54) is 0 Å². The molecule has 4 rings (SSSR count). The minimum Gasteiger partial charge on any atom is -0.497 e. The molecule has 7 heteroatoms. The summed E-state index contributed by atoms with van der Waals surface area (Å²) in [6, 6.07) is 14.6. The number of anilines is 1. The normalized spacial score (nSPS) is 13.5. The van der Waals surface area contributed by atoms with Crippen LogP contribution in [0.2, 0.25) is 0 Å². The molecule has 1 N–H and O–H groups in total. The molecular formula is C24H25N3O4. The number of hydrogen-bond acceptors (Lipinski definition) is 6. The molecule has 1 aliphatic heterocycles. The van der Waals surface area contributed by atoms with E-state index in [1.807, 2.05) is 24.3 Å². The van der Waals surface area contributed by atoms with Crippen molar-refractivity contribution < 1.29 is 19.1 Å². The molecule has 0 aliphatic carbocycles. The quantitative estimate of drug-likeness (QED) is 0.617. The molecule has 0 atom stereocenters. The van der Waals surface area contributed by atoms with Crippen LogP contribution in [-0.4, -0.2) is 48.6 Å². The second-order valence-corrected chi connectivity index (χ2v) is 7.40. The van der Waals surface area contributed by atoms with Gasteiger partial charge in [0.25, 0.3) is 5.91 Å². The van der Waals surface area contributed by atoms with E-state index in [4.69, 9.17) is 14.5 Å². The molecule has 160 valence electrons. The number of carbonyl (C=O) groups excluding carboxylic acids is 2. The maximum atomic E-state index is 13.1. The molecule has 0 saturated carbocycles. The van der Waals surface area contributed by atoms with Gasteiger partial charge in [0.05, 0.1) is 18.2 Å². The number of para-hydroxylation sites is 1. The predicted molar refractivity (Wildman–Crippen MR) is 118 cm³/mol. The van der Waals surface area contributed by atoms with Gasteiger partial charge < -0.3 is 14.8 Å². The molecule has 1 amide bonds. The first-order chi connectivity index (χ1) is 15.1. The van der Waals surface area contributed by atoms with Crippen LogP contribution in [0, 0.1) is 0 Å². The van der Waals surface area contributed by atoms with Crippen molar-refractivity contribution in [3.63, 3.8) is 0 Å². The van der Waals surface area contributed by atoms with E-state index in [0.717, 1.165) is 41.7 Å². The van der Waals surface area contributed by atoms with Crippen LogP contribution in [0.4, 0.5) is 5.69 Å². The van der Waals surface area contributed by atoms with Crippen molar-refractivity contribution in [1.29, 1.82) is 0 Å². The Bertz CT molecular complexity index is 1130. The number of pyridine rings is 1. The Hall–Kier alpha value is -3.45. The smallest absolute Gasteiger partial charge is 0.339 e.